The number of pyridine rings is 1. The average molecular weight is 434 g/mol. The number of nitrogens with zero attached hydrogens (tertiary/aromatic N) is 1. The maximum atomic E-state index is 8.50. The summed E-state index contributed by atoms with van der Waals surface area (Å²) in [5, 5.41) is 8.50. The average Bonchev–Trinajstić information content (AvgIpc) is 2.05. The molecule has 1 aromatic rings. The zero-order valence-corrected chi connectivity index (χ0v) is 12.4. The van der Waals surface area contributed by atoms with Gasteiger partial charge in [0.05, 0.1) is 6.61 Å². The molecule has 0 saturated carbocycles. The Hall–Kier alpha value is 0.338. The summed E-state index contributed by atoms with van der Waals surface area (Å²) in [7, 11) is 0. The number of aromatic nitrogens is 1. The van der Waals surface area contributed by atoms with Crippen LogP contribution in [0.25, 0.3) is 0 Å². The first-order valence-electron chi connectivity index (χ1n) is 3.92. The Morgan fingerprint density at radius 3 is 2.07 bits per heavy atom. The number of hydrogen-bond acceptors (Lipinski definition) is 3. The van der Waals surface area contributed by atoms with Crippen molar-refractivity contribution in [2.24, 2.45) is 5.73 Å². The maximum Gasteiger partial charge on any atom is 2.00 e. The SMILES string of the molecule is CC(C)N.OCc1cccnc1.[Cl-].[Cl-].[Pt+2]. The Bertz CT molecular complexity index is 198. The van der Waals surface area contributed by atoms with E-state index in [9.17, 15) is 0 Å². The van der Waals surface area contributed by atoms with E-state index in [1.54, 1.807) is 18.5 Å². The zero-order chi connectivity index (χ0) is 9.40. The van der Waals surface area contributed by atoms with Crippen LogP contribution >= 0.6 is 0 Å². The monoisotopic (exact) mass is 433 g/mol. The van der Waals surface area contributed by atoms with Gasteiger partial charge < -0.3 is 35.7 Å². The fourth-order valence-corrected chi connectivity index (χ4v) is 0.492. The van der Waals surface area contributed by atoms with E-state index in [1.807, 2.05) is 19.9 Å². The molecule has 6 heteroatoms. The number of aliphatic hydroxyl groups is 1. The Morgan fingerprint density at radius 1 is 1.40 bits per heavy atom. The Balaban J connectivity index is -0.0000000779. The maximum absolute atomic E-state index is 8.50. The van der Waals surface area contributed by atoms with Crippen LogP contribution < -0.4 is 30.5 Å². The van der Waals surface area contributed by atoms with Crippen LogP contribution in [0.5, 0.6) is 0 Å². The van der Waals surface area contributed by atoms with Crippen molar-refractivity contribution in [3.05, 3.63) is 30.1 Å². The van der Waals surface area contributed by atoms with Crippen LogP contribution in [-0.2, 0) is 27.7 Å². The van der Waals surface area contributed by atoms with Gasteiger partial charge in [0.2, 0.25) is 0 Å². The summed E-state index contributed by atoms with van der Waals surface area (Å²) < 4.78 is 0. The number of nitrogens with two attached hydrogens (primary N) is 1. The first kappa shape index (κ1) is 24.5. The predicted octanol–water partition coefficient (Wildman–Crippen LogP) is -5.07. The third-order valence-corrected chi connectivity index (χ3v) is 0.905. The fraction of sp³-hybridized carbons (Fsp3) is 0.444. The predicted molar refractivity (Wildman–Crippen MR) is 49.5 cm³/mol. The third-order valence-electron chi connectivity index (χ3n) is 0.905. The quantitative estimate of drug-likeness (QED) is 0.466. The number of rotatable bonds is 1. The first-order chi connectivity index (χ1) is 5.66. The van der Waals surface area contributed by atoms with Gasteiger partial charge in [0.1, 0.15) is 0 Å². The van der Waals surface area contributed by atoms with Crippen molar-refractivity contribution < 1.29 is 51.0 Å². The molecule has 92 valence electrons. The van der Waals surface area contributed by atoms with E-state index in [0.29, 0.717) is 6.04 Å². The van der Waals surface area contributed by atoms with Gasteiger partial charge in [0.15, 0.2) is 0 Å². The molecule has 1 rings (SSSR count). The van der Waals surface area contributed by atoms with Gasteiger partial charge in [0, 0.05) is 12.4 Å². The third kappa shape index (κ3) is 20.4. The Morgan fingerprint density at radius 2 is 1.87 bits per heavy atom. The number of aliphatic hydroxyl groups excluding tert-OH is 1. The molecule has 1 aromatic heterocycles. The molecule has 0 aromatic carbocycles. The molecule has 3 N–H and O–H groups in total. The van der Waals surface area contributed by atoms with Crippen molar-refractivity contribution in [1.82, 2.24) is 4.98 Å². The van der Waals surface area contributed by atoms with E-state index < -0.39 is 0 Å². The second-order valence-electron chi connectivity index (χ2n) is 2.76. The molecule has 0 spiro atoms. The van der Waals surface area contributed by atoms with Crippen LogP contribution in [0.1, 0.15) is 19.4 Å². The van der Waals surface area contributed by atoms with E-state index in [4.69, 9.17) is 10.8 Å². The standard InChI is InChI=1S/C6H7NO.C3H9N.2ClH.Pt/c8-5-6-2-1-3-7-4-6;1-3(2)4;;;/h1-4,8H,5H2;3H,4H2,1-2H3;2*1H;/q;;;;+2/p-2. The minimum Gasteiger partial charge on any atom is -1.00 e. The van der Waals surface area contributed by atoms with Crippen molar-refractivity contribution in [3.63, 3.8) is 0 Å². The molecule has 0 atom stereocenters. The van der Waals surface area contributed by atoms with Gasteiger partial charge in [0.25, 0.3) is 0 Å². The summed E-state index contributed by atoms with van der Waals surface area (Å²) in [6, 6.07) is 3.96. The first-order valence-corrected chi connectivity index (χ1v) is 3.92. The van der Waals surface area contributed by atoms with Gasteiger partial charge in [-0.05, 0) is 17.7 Å². The molecule has 15 heavy (non-hydrogen) atoms. The van der Waals surface area contributed by atoms with Crippen molar-refractivity contribution in [2.75, 3.05) is 0 Å². The molecule has 0 bridgehead atoms. The van der Waals surface area contributed by atoms with Crippen LogP contribution in [0.15, 0.2) is 24.5 Å². The second kappa shape index (κ2) is 16.8. The topological polar surface area (TPSA) is 59.1 Å². The van der Waals surface area contributed by atoms with Gasteiger partial charge in [-0.25, -0.2) is 0 Å². The Kier molecular flexibility index (Phi) is 27.4. The molecule has 3 nitrogen and oxygen atoms in total. The van der Waals surface area contributed by atoms with Crippen LogP contribution in [0.2, 0.25) is 0 Å². The van der Waals surface area contributed by atoms with Crippen LogP contribution in [0.3, 0.4) is 0 Å². The second-order valence-corrected chi connectivity index (χ2v) is 2.76. The number of halogens is 2. The molecule has 0 aliphatic heterocycles. The molecule has 0 fully saturated rings. The van der Waals surface area contributed by atoms with Crippen LogP contribution in [0, 0.1) is 0 Å². The molecule has 0 radical (unpaired) electrons. The summed E-state index contributed by atoms with van der Waals surface area (Å²) in [5.41, 5.74) is 5.97. The molecule has 1 heterocycles. The molecular formula is C9H16Cl2N2OPt. The van der Waals surface area contributed by atoms with Gasteiger partial charge >= 0.3 is 21.1 Å². The minimum atomic E-state index is 0. The van der Waals surface area contributed by atoms with Gasteiger partial charge in [-0.15, -0.1) is 0 Å². The molecule has 0 aliphatic rings. The minimum absolute atomic E-state index is 0. The Labute approximate surface area is 118 Å². The molecule has 0 unspecified atom stereocenters. The summed E-state index contributed by atoms with van der Waals surface area (Å²) in [5.74, 6) is 0. The van der Waals surface area contributed by atoms with E-state index in [0.717, 1.165) is 5.56 Å². The van der Waals surface area contributed by atoms with Crippen molar-refractivity contribution in [2.45, 2.75) is 26.5 Å². The largest absolute Gasteiger partial charge is 2.00 e. The smallest absolute Gasteiger partial charge is 1.00 e. The zero-order valence-electron chi connectivity index (χ0n) is 8.64. The van der Waals surface area contributed by atoms with Gasteiger partial charge in [-0.1, -0.05) is 19.9 Å². The van der Waals surface area contributed by atoms with Crippen molar-refractivity contribution in [3.8, 4) is 0 Å². The molecule has 0 amide bonds. The molecule has 0 saturated heterocycles. The normalized spacial score (nSPS) is 7.27. The van der Waals surface area contributed by atoms with E-state index >= 15 is 0 Å². The molecule has 0 aliphatic carbocycles. The van der Waals surface area contributed by atoms with E-state index in [2.05, 4.69) is 4.98 Å². The van der Waals surface area contributed by atoms with Crippen molar-refractivity contribution >= 4 is 0 Å². The van der Waals surface area contributed by atoms with E-state index in [-0.39, 0.29) is 52.5 Å². The van der Waals surface area contributed by atoms with Crippen molar-refractivity contribution in [1.29, 1.82) is 0 Å². The number of hydrogen-bond donors (Lipinski definition) is 2. The molecular weight excluding hydrogens is 418 g/mol. The van der Waals surface area contributed by atoms with E-state index in [1.165, 1.54) is 0 Å². The van der Waals surface area contributed by atoms with Crippen LogP contribution in [0.4, 0.5) is 0 Å². The summed E-state index contributed by atoms with van der Waals surface area (Å²) in [6.45, 7) is 3.97. The summed E-state index contributed by atoms with van der Waals surface area (Å²) >= 11 is 0. The summed E-state index contributed by atoms with van der Waals surface area (Å²) in [6.07, 6.45) is 3.32. The van der Waals surface area contributed by atoms with Gasteiger partial charge in [-0.3, -0.25) is 4.98 Å². The fourth-order valence-electron chi connectivity index (χ4n) is 0.492. The van der Waals surface area contributed by atoms with Gasteiger partial charge in [-0.2, -0.15) is 0 Å². The summed E-state index contributed by atoms with van der Waals surface area (Å²) in [4.78, 5) is 3.80. The van der Waals surface area contributed by atoms with Crippen LogP contribution in [-0.4, -0.2) is 16.1 Å².